The van der Waals surface area contributed by atoms with E-state index in [0.717, 1.165) is 18.6 Å². The van der Waals surface area contributed by atoms with Crippen LogP contribution in [0.4, 0.5) is 10.1 Å². The Morgan fingerprint density at radius 2 is 2.12 bits per heavy atom. The Morgan fingerprint density at radius 1 is 1.40 bits per heavy atom. The Kier molecular flexibility index (Phi) is 6.12. The molecule has 7 nitrogen and oxygen atoms in total. The normalized spacial score (nSPS) is 18.2. The van der Waals surface area contributed by atoms with Crippen molar-refractivity contribution in [3.63, 3.8) is 0 Å². The van der Waals surface area contributed by atoms with Crippen LogP contribution >= 0.6 is 0 Å². The van der Waals surface area contributed by atoms with Gasteiger partial charge in [0.25, 0.3) is 0 Å². The Balaban J connectivity index is 2.13. The number of carbonyl (C=O) groups is 2. The van der Waals surface area contributed by atoms with E-state index in [1.54, 1.807) is 0 Å². The Bertz CT molecular complexity index is 766. The molecule has 0 radical (unpaired) electrons. The highest BCUT2D eigenvalue weighted by Crippen LogP contribution is 2.24. The molecule has 2 N–H and O–H groups in total. The number of hydrogen-bond acceptors (Lipinski definition) is 4. The number of nitrogens with zero attached hydrogens (tertiary/aromatic N) is 1. The fourth-order valence-corrected chi connectivity index (χ4v) is 4.63. The van der Waals surface area contributed by atoms with Gasteiger partial charge in [0.15, 0.2) is 0 Å². The number of anilines is 1. The first-order valence-electron chi connectivity index (χ1n) is 8.09. The highest BCUT2D eigenvalue weighted by atomic mass is 32.2. The van der Waals surface area contributed by atoms with Crippen molar-refractivity contribution in [2.45, 2.75) is 38.6 Å². The molecular formula is C16H21FN2O5S. The molecule has 0 bridgehead atoms. The largest absolute Gasteiger partial charge is 0.478 e. The first-order chi connectivity index (χ1) is 11.8. The molecule has 138 valence electrons. The van der Waals surface area contributed by atoms with Gasteiger partial charge in [0.2, 0.25) is 15.9 Å². The van der Waals surface area contributed by atoms with Gasteiger partial charge in [-0.15, -0.1) is 0 Å². The number of carboxylic acids is 1. The summed E-state index contributed by atoms with van der Waals surface area (Å²) in [5.41, 5.74) is -0.409. The molecule has 0 aromatic heterocycles. The summed E-state index contributed by atoms with van der Waals surface area (Å²) < 4.78 is 39.8. The van der Waals surface area contributed by atoms with Crippen LogP contribution in [0.3, 0.4) is 0 Å². The van der Waals surface area contributed by atoms with Crippen molar-refractivity contribution < 1.29 is 27.5 Å². The van der Waals surface area contributed by atoms with E-state index in [0.29, 0.717) is 19.3 Å². The number of carboxylic acid groups (broad SMARTS) is 1. The van der Waals surface area contributed by atoms with Crippen molar-refractivity contribution in [3.05, 3.63) is 29.6 Å². The number of aromatic carboxylic acids is 1. The van der Waals surface area contributed by atoms with Crippen molar-refractivity contribution in [1.29, 1.82) is 0 Å². The predicted molar refractivity (Wildman–Crippen MR) is 90.4 cm³/mol. The minimum absolute atomic E-state index is 0.0189. The van der Waals surface area contributed by atoms with Crippen molar-refractivity contribution in [2.24, 2.45) is 0 Å². The lowest BCUT2D eigenvalue weighted by molar-refractivity contribution is -0.119. The van der Waals surface area contributed by atoms with Crippen LogP contribution in [0.25, 0.3) is 0 Å². The summed E-state index contributed by atoms with van der Waals surface area (Å²) in [5.74, 6) is -2.79. The molecule has 1 fully saturated rings. The van der Waals surface area contributed by atoms with Gasteiger partial charge in [-0.2, -0.15) is 4.31 Å². The second kappa shape index (κ2) is 7.92. The number of hydrogen-bond donors (Lipinski definition) is 2. The molecule has 0 saturated carbocycles. The quantitative estimate of drug-likeness (QED) is 0.762. The van der Waals surface area contributed by atoms with Crippen molar-refractivity contribution >= 4 is 27.6 Å². The molecule has 9 heteroatoms. The maximum absolute atomic E-state index is 13.9. The van der Waals surface area contributed by atoms with Crippen LogP contribution in [0.15, 0.2) is 18.2 Å². The van der Waals surface area contributed by atoms with E-state index in [1.807, 2.05) is 6.92 Å². The van der Waals surface area contributed by atoms with Gasteiger partial charge >= 0.3 is 5.97 Å². The van der Waals surface area contributed by atoms with E-state index >= 15 is 0 Å². The number of amides is 1. The lowest BCUT2D eigenvalue weighted by atomic mass is 10.1. The van der Waals surface area contributed by atoms with Gasteiger partial charge in [0.1, 0.15) is 11.9 Å². The molecule has 1 aromatic rings. The van der Waals surface area contributed by atoms with E-state index in [-0.39, 0.29) is 23.5 Å². The highest BCUT2D eigenvalue weighted by molar-refractivity contribution is 7.89. The zero-order valence-corrected chi connectivity index (χ0v) is 14.7. The van der Waals surface area contributed by atoms with Crippen molar-refractivity contribution in [1.82, 2.24) is 4.31 Å². The van der Waals surface area contributed by atoms with E-state index in [1.165, 1.54) is 10.4 Å². The van der Waals surface area contributed by atoms with Gasteiger partial charge in [-0.1, -0.05) is 13.3 Å². The molecule has 1 amide bonds. The summed E-state index contributed by atoms with van der Waals surface area (Å²) >= 11 is 0. The van der Waals surface area contributed by atoms with E-state index in [9.17, 15) is 22.4 Å². The Morgan fingerprint density at radius 3 is 2.72 bits per heavy atom. The van der Waals surface area contributed by atoms with Crippen LogP contribution in [0.5, 0.6) is 0 Å². The summed E-state index contributed by atoms with van der Waals surface area (Å²) in [7, 11) is -3.54. The molecular weight excluding hydrogens is 351 g/mol. The average molecular weight is 372 g/mol. The molecule has 0 aliphatic carbocycles. The third kappa shape index (κ3) is 4.55. The highest BCUT2D eigenvalue weighted by Gasteiger charge is 2.38. The average Bonchev–Trinajstić information content (AvgIpc) is 3.05. The minimum atomic E-state index is -3.54. The van der Waals surface area contributed by atoms with Crippen LogP contribution in [0.1, 0.15) is 43.0 Å². The zero-order chi connectivity index (χ0) is 18.6. The molecule has 2 rings (SSSR count). The molecule has 1 heterocycles. The third-order valence-electron chi connectivity index (χ3n) is 4.09. The standard InChI is InChI=1S/C16H21FN2O5S/c1-2-3-9-25(23,24)19-8-4-5-14(19)15(20)18-13-7-6-11(16(21)22)10-12(13)17/h6-7,10,14H,2-5,8-9H2,1H3,(H,18,20)(H,21,22). The molecule has 0 spiro atoms. The summed E-state index contributed by atoms with van der Waals surface area (Å²) in [6.45, 7) is 2.15. The lowest BCUT2D eigenvalue weighted by Gasteiger charge is -2.23. The van der Waals surface area contributed by atoms with Crippen molar-refractivity contribution in [2.75, 3.05) is 17.6 Å². The van der Waals surface area contributed by atoms with Crippen LogP contribution < -0.4 is 5.32 Å². The van der Waals surface area contributed by atoms with Crippen LogP contribution in [-0.2, 0) is 14.8 Å². The predicted octanol–water partition coefficient (Wildman–Crippen LogP) is 2.06. The fraction of sp³-hybridized carbons (Fsp3) is 0.500. The summed E-state index contributed by atoms with van der Waals surface area (Å²) in [6.07, 6.45) is 2.17. The van der Waals surface area contributed by atoms with Gasteiger partial charge in [-0.3, -0.25) is 4.79 Å². The topological polar surface area (TPSA) is 104 Å². The van der Waals surface area contributed by atoms with Gasteiger partial charge in [-0.25, -0.2) is 17.6 Å². The van der Waals surface area contributed by atoms with Crippen molar-refractivity contribution in [3.8, 4) is 0 Å². The van der Waals surface area contributed by atoms with E-state index in [2.05, 4.69) is 5.32 Å². The van der Waals surface area contributed by atoms with Gasteiger partial charge < -0.3 is 10.4 Å². The summed E-state index contributed by atoms with van der Waals surface area (Å²) in [5, 5.41) is 11.2. The number of carbonyl (C=O) groups excluding carboxylic acids is 1. The maximum atomic E-state index is 13.9. The summed E-state index contributed by atoms with van der Waals surface area (Å²) in [4.78, 5) is 23.2. The Labute approximate surface area is 145 Å². The molecule has 1 atom stereocenters. The second-order valence-electron chi connectivity index (χ2n) is 5.93. The number of unbranched alkanes of at least 4 members (excludes halogenated alkanes) is 1. The van der Waals surface area contributed by atoms with Gasteiger partial charge in [0, 0.05) is 6.54 Å². The van der Waals surface area contributed by atoms with Gasteiger partial charge in [0.05, 0.1) is 17.0 Å². The van der Waals surface area contributed by atoms with Gasteiger partial charge in [-0.05, 0) is 37.5 Å². The monoisotopic (exact) mass is 372 g/mol. The minimum Gasteiger partial charge on any atom is -0.478 e. The molecule has 1 aliphatic rings. The molecule has 1 aromatic carbocycles. The SMILES string of the molecule is CCCCS(=O)(=O)N1CCCC1C(=O)Nc1ccc(C(=O)O)cc1F. The third-order valence-corrected chi connectivity index (χ3v) is 6.05. The Hall–Kier alpha value is -2.00. The van der Waals surface area contributed by atoms with Crippen LogP contribution in [-0.4, -0.2) is 48.0 Å². The van der Waals surface area contributed by atoms with Crippen LogP contribution in [0.2, 0.25) is 0 Å². The first kappa shape index (κ1) is 19.3. The summed E-state index contributed by atoms with van der Waals surface area (Å²) in [6, 6.07) is 2.26. The maximum Gasteiger partial charge on any atom is 0.335 e. The molecule has 1 unspecified atom stereocenters. The second-order valence-corrected chi connectivity index (χ2v) is 7.97. The number of rotatable bonds is 7. The number of sulfonamides is 1. The molecule has 1 aliphatic heterocycles. The zero-order valence-electron chi connectivity index (χ0n) is 13.9. The first-order valence-corrected chi connectivity index (χ1v) is 9.70. The number of halogens is 1. The van der Waals surface area contributed by atoms with Crippen LogP contribution in [0, 0.1) is 5.82 Å². The number of nitrogens with one attached hydrogen (secondary N) is 1. The van der Waals surface area contributed by atoms with E-state index < -0.39 is 33.8 Å². The molecule has 25 heavy (non-hydrogen) atoms. The smallest absolute Gasteiger partial charge is 0.335 e. The van der Waals surface area contributed by atoms with E-state index in [4.69, 9.17) is 5.11 Å². The fourth-order valence-electron chi connectivity index (χ4n) is 2.74. The lowest BCUT2D eigenvalue weighted by Crippen LogP contribution is -2.44. The number of benzene rings is 1. The molecule has 1 saturated heterocycles.